The molecular weight excluding hydrogens is 286 g/mol. The lowest BCUT2D eigenvalue weighted by Crippen LogP contribution is -2.01. The Kier molecular flexibility index (Phi) is 3.58. The predicted molar refractivity (Wildman–Crippen MR) is 83.4 cm³/mol. The third-order valence-electron chi connectivity index (χ3n) is 3.29. The number of nitrogens with two attached hydrogens (primary N) is 1. The Morgan fingerprint density at radius 2 is 2.05 bits per heavy atom. The number of nitrogen functional groups attached to an aromatic ring is 1. The zero-order valence-corrected chi connectivity index (χ0v) is 12.2. The zero-order valence-electron chi connectivity index (χ0n) is 11.5. The highest BCUT2D eigenvalue weighted by Gasteiger charge is 2.12. The van der Waals surface area contributed by atoms with E-state index in [1.807, 2.05) is 18.2 Å². The molecule has 0 saturated carbocycles. The van der Waals surface area contributed by atoms with E-state index in [0.29, 0.717) is 16.5 Å². The van der Waals surface area contributed by atoms with Gasteiger partial charge in [-0.1, -0.05) is 30.7 Å². The van der Waals surface area contributed by atoms with Crippen LogP contribution in [0.1, 0.15) is 12.5 Å². The predicted octanol–water partition coefficient (Wildman–Crippen LogP) is 3.13. The SMILES string of the molecule is CCc1cccc(-n2nnnc2-c2ccc(N)c(Cl)c2)c1. The Balaban J connectivity index is 2.09. The number of anilines is 1. The summed E-state index contributed by atoms with van der Waals surface area (Å²) in [5.74, 6) is 0.630. The van der Waals surface area contributed by atoms with Crippen LogP contribution in [0.4, 0.5) is 5.69 Å². The maximum Gasteiger partial charge on any atom is 0.187 e. The molecule has 21 heavy (non-hydrogen) atoms. The number of nitrogens with zero attached hydrogens (tertiary/aromatic N) is 4. The monoisotopic (exact) mass is 299 g/mol. The van der Waals surface area contributed by atoms with Gasteiger partial charge in [-0.3, -0.25) is 0 Å². The molecule has 6 heteroatoms. The first kappa shape index (κ1) is 13.6. The van der Waals surface area contributed by atoms with Crippen molar-refractivity contribution in [2.75, 3.05) is 5.73 Å². The van der Waals surface area contributed by atoms with E-state index in [4.69, 9.17) is 17.3 Å². The second kappa shape index (κ2) is 5.54. The number of aromatic nitrogens is 4. The molecule has 0 aliphatic heterocycles. The van der Waals surface area contributed by atoms with Crippen LogP contribution in [-0.2, 0) is 6.42 Å². The maximum absolute atomic E-state index is 6.07. The van der Waals surface area contributed by atoms with Gasteiger partial charge in [-0.05, 0) is 52.7 Å². The van der Waals surface area contributed by atoms with Crippen LogP contribution < -0.4 is 5.73 Å². The van der Waals surface area contributed by atoms with Gasteiger partial charge in [-0.2, -0.15) is 4.68 Å². The molecule has 0 saturated heterocycles. The summed E-state index contributed by atoms with van der Waals surface area (Å²) < 4.78 is 1.70. The van der Waals surface area contributed by atoms with Crippen molar-refractivity contribution in [3.63, 3.8) is 0 Å². The fraction of sp³-hybridized carbons (Fsp3) is 0.133. The Morgan fingerprint density at radius 3 is 2.81 bits per heavy atom. The van der Waals surface area contributed by atoms with E-state index >= 15 is 0 Å². The van der Waals surface area contributed by atoms with Crippen LogP contribution in [0.25, 0.3) is 17.1 Å². The van der Waals surface area contributed by atoms with E-state index in [0.717, 1.165) is 17.7 Å². The summed E-state index contributed by atoms with van der Waals surface area (Å²) in [5.41, 5.74) is 9.24. The molecule has 0 bridgehead atoms. The molecule has 3 aromatic rings. The van der Waals surface area contributed by atoms with E-state index in [1.54, 1.807) is 16.8 Å². The largest absolute Gasteiger partial charge is 0.398 e. The summed E-state index contributed by atoms with van der Waals surface area (Å²) in [4.78, 5) is 0. The Bertz CT molecular complexity index is 781. The second-order valence-electron chi connectivity index (χ2n) is 4.67. The van der Waals surface area contributed by atoms with E-state index in [-0.39, 0.29) is 0 Å². The highest BCUT2D eigenvalue weighted by atomic mass is 35.5. The summed E-state index contributed by atoms with van der Waals surface area (Å²) in [6, 6.07) is 13.5. The first-order chi connectivity index (χ1) is 10.2. The van der Waals surface area contributed by atoms with Crippen LogP contribution in [-0.4, -0.2) is 20.2 Å². The van der Waals surface area contributed by atoms with Crippen LogP contribution in [0.15, 0.2) is 42.5 Å². The van der Waals surface area contributed by atoms with Gasteiger partial charge in [0.15, 0.2) is 5.82 Å². The number of aryl methyl sites for hydroxylation is 1. The third-order valence-corrected chi connectivity index (χ3v) is 3.62. The van der Waals surface area contributed by atoms with Crippen molar-refractivity contribution in [2.24, 2.45) is 0 Å². The summed E-state index contributed by atoms with van der Waals surface area (Å²) >= 11 is 6.07. The smallest absolute Gasteiger partial charge is 0.187 e. The molecule has 0 atom stereocenters. The standard InChI is InChI=1S/C15H14ClN5/c1-2-10-4-3-5-12(8-10)21-15(18-19-20-21)11-6-7-14(17)13(16)9-11/h3-9H,2,17H2,1H3. The summed E-state index contributed by atoms with van der Waals surface area (Å²) in [6.07, 6.45) is 0.957. The van der Waals surface area contributed by atoms with Gasteiger partial charge in [-0.25, -0.2) is 0 Å². The minimum absolute atomic E-state index is 0.490. The normalized spacial score (nSPS) is 10.8. The lowest BCUT2D eigenvalue weighted by atomic mass is 10.1. The lowest BCUT2D eigenvalue weighted by Gasteiger charge is -2.07. The van der Waals surface area contributed by atoms with E-state index in [2.05, 4.69) is 34.6 Å². The lowest BCUT2D eigenvalue weighted by molar-refractivity contribution is 0.790. The molecule has 106 valence electrons. The Hall–Kier alpha value is -2.40. The van der Waals surface area contributed by atoms with Crippen LogP contribution in [0.2, 0.25) is 5.02 Å². The number of tetrazole rings is 1. The second-order valence-corrected chi connectivity index (χ2v) is 5.08. The Labute approximate surface area is 127 Å². The minimum atomic E-state index is 0.490. The van der Waals surface area contributed by atoms with Crippen LogP contribution in [0, 0.1) is 0 Å². The molecule has 5 nitrogen and oxygen atoms in total. The zero-order chi connectivity index (χ0) is 14.8. The van der Waals surface area contributed by atoms with Crippen molar-refractivity contribution in [3.05, 3.63) is 53.1 Å². The van der Waals surface area contributed by atoms with Gasteiger partial charge in [0.25, 0.3) is 0 Å². The average molecular weight is 300 g/mol. The molecule has 3 rings (SSSR count). The summed E-state index contributed by atoms with van der Waals surface area (Å²) in [6.45, 7) is 2.11. The molecular formula is C15H14ClN5. The van der Waals surface area contributed by atoms with Crippen molar-refractivity contribution in [1.82, 2.24) is 20.2 Å². The number of benzene rings is 2. The van der Waals surface area contributed by atoms with Crippen molar-refractivity contribution >= 4 is 17.3 Å². The summed E-state index contributed by atoms with van der Waals surface area (Å²) in [5, 5.41) is 12.4. The molecule has 0 spiro atoms. The van der Waals surface area contributed by atoms with Gasteiger partial charge >= 0.3 is 0 Å². The number of hydrogen-bond donors (Lipinski definition) is 1. The number of halogens is 1. The number of rotatable bonds is 3. The highest BCUT2D eigenvalue weighted by molar-refractivity contribution is 6.33. The van der Waals surface area contributed by atoms with E-state index in [1.165, 1.54) is 5.56 Å². The van der Waals surface area contributed by atoms with Gasteiger partial charge in [0.2, 0.25) is 0 Å². The molecule has 1 heterocycles. The molecule has 0 fully saturated rings. The van der Waals surface area contributed by atoms with Crippen molar-refractivity contribution in [3.8, 4) is 17.1 Å². The first-order valence-electron chi connectivity index (χ1n) is 6.62. The van der Waals surface area contributed by atoms with Gasteiger partial charge < -0.3 is 5.73 Å². The van der Waals surface area contributed by atoms with Gasteiger partial charge in [0.05, 0.1) is 16.4 Å². The van der Waals surface area contributed by atoms with Crippen LogP contribution in [0.3, 0.4) is 0 Å². The van der Waals surface area contributed by atoms with Crippen LogP contribution in [0.5, 0.6) is 0 Å². The fourth-order valence-electron chi connectivity index (χ4n) is 2.12. The van der Waals surface area contributed by atoms with Crippen molar-refractivity contribution in [1.29, 1.82) is 0 Å². The van der Waals surface area contributed by atoms with Crippen molar-refractivity contribution < 1.29 is 0 Å². The molecule has 0 radical (unpaired) electrons. The maximum atomic E-state index is 6.07. The van der Waals surface area contributed by atoms with Crippen LogP contribution >= 0.6 is 11.6 Å². The molecule has 2 aromatic carbocycles. The average Bonchev–Trinajstić information content (AvgIpc) is 2.99. The number of hydrogen-bond acceptors (Lipinski definition) is 4. The van der Waals surface area contributed by atoms with Crippen molar-refractivity contribution in [2.45, 2.75) is 13.3 Å². The van der Waals surface area contributed by atoms with Gasteiger partial charge in [0, 0.05) is 5.56 Å². The molecule has 0 unspecified atom stereocenters. The molecule has 0 aliphatic rings. The quantitative estimate of drug-likeness (QED) is 0.754. The first-order valence-corrected chi connectivity index (χ1v) is 7.00. The van der Waals surface area contributed by atoms with Gasteiger partial charge in [-0.15, -0.1) is 5.10 Å². The minimum Gasteiger partial charge on any atom is -0.398 e. The molecule has 0 aliphatic carbocycles. The Morgan fingerprint density at radius 1 is 1.19 bits per heavy atom. The fourth-order valence-corrected chi connectivity index (χ4v) is 2.30. The summed E-state index contributed by atoms with van der Waals surface area (Å²) in [7, 11) is 0. The third kappa shape index (κ3) is 2.60. The van der Waals surface area contributed by atoms with E-state index in [9.17, 15) is 0 Å². The highest BCUT2D eigenvalue weighted by Crippen LogP contribution is 2.26. The molecule has 2 N–H and O–H groups in total. The molecule has 0 amide bonds. The van der Waals surface area contributed by atoms with E-state index < -0.39 is 0 Å². The topological polar surface area (TPSA) is 69.6 Å². The molecule has 1 aromatic heterocycles. The van der Waals surface area contributed by atoms with Gasteiger partial charge in [0.1, 0.15) is 0 Å².